The number of carboxylic acids is 1. The summed E-state index contributed by atoms with van der Waals surface area (Å²) >= 11 is 6.30. The van der Waals surface area contributed by atoms with Gasteiger partial charge in [0.15, 0.2) is 0 Å². The molecule has 0 atom stereocenters. The Balaban J connectivity index is 2.01. The molecule has 7 heteroatoms. The molecule has 0 aliphatic carbocycles. The number of carboxylic acid groups (broad SMARTS) is 1. The summed E-state index contributed by atoms with van der Waals surface area (Å²) in [6, 6.07) is 10.3. The van der Waals surface area contributed by atoms with E-state index in [0.717, 1.165) is 45.7 Å². The number of hydrogen-bond donors (Lipinski definition) is 1. The average molecular weight is 401 g/mol. The number of amides is 1. The summed E-state index contributed by atoms with van der Waals surface area (Å²) in [5.74, 6) is -1.44. The number of nitrogens with zero attached hydrogens (tertiary/aromatic N) is 2. The number of aryl methyl sites for hydroxylation is 2. The monoisotopic (exact) mass is 400 g/mol. The van der Waals surface area contributed by atoms with Crippen molar-refractivity contribution >= 4 is 46.3 Å². The Kier molecular flexibility index (Phi) is 5.53. The van der Waals surface area contributed by atoms with E-state index in [2.05, 4.69) is 23.6 Å². The van der Waals surface area contributed by atoms with Crippen LogP contribution in [0, 0.1) is 13.8 Å². The number of para-hydroxylation sites is 1. The van der Waals surface area contributed by atoms with E-state index in [0.29, 0.717) is 4.91 Å². The van der Waals surface area contributed by atoms with Crippen molar-refractivity contribution in [2.75, 3.05) is 6.54 Å². The average Bonchev–Trinajstić information content (AvgIpc) is 3.05. The van der Waals surface area contributed by atoms with Gasteiger partial charge >= 0.3 is 5.97 Å². The van der Waals surface area contributed by atoms with Gasteiger partial charge in [0.2, 0.25) is 0 Å². The summed E-state index contributed by atoms with van der Waals surface area (Å²) in [7, 11) is 0. The van der Waals surface area contributed by atoms with Crippen molar-refractivity contribution in [1.82, 2.24) is 9.47 Å². The molecule has 0 unspecified atom stereocenters. The first kappa shape index (κ1) is 19.4. The molecule has 3 rings (SSSR count). The summed E-state index contributed by atoms with van der Waals surface area (Å²) in [5, 5.41) is 8.96. The van der Waals surface area contributed by atoms with E-state index in [4.69, 9.17) is 17.3 Å². The molecule has 0 bridgehead atoms. The Morgan fingerprint density at radius 3 is 2.67 bits per heavy atom. The molecule has 2 aromatic rings. The van der Waals surface area contributed by atoms with Crippen molar-refractivity contribution in [3.05, 3.63) is 57.8 Å². The SMILES string of the molecule is CCc1ccccc1-n1c(C)cc(/C=C2\SC(=S)N(CC(=O)O)C2=O)c1C. The Morgan fingerprint density at radius 1 is 1.30 bits per heavy atom. The number of hydrogen-bond acceptors (Lipinski definition) is 4. The van der Waals surface area contributed by atoms with Gasteiger partial charge in [-0.2, -0.15) is 0 Å². The van der Waals surface area contributed by atoms with Gasteiger partial charge in [-0.05, 0) is 49.6 Å². The minimum atomic E-state index is -1.08. The Labute approximate surface area is 167 Å². The molecular formula is C20H20N2O3S2. The molecule has 140 valence electrons. The van der Waals surface area contributed by atoms with E-state index in [9.17, 15) is 9.59 Å². The second kappa shape index (κ2) is 7.70. The predicted molar refractivity (Wildman–Crippen MR) is 112 cm³/mol. The Bertz CT molecular complexity index is 976. The third-order valence-corrected chi connectivity index (χ3v) is 5.92. The van der Waals surface area contributed by atoms with Crippen molar-refractivity contribution in [2.24, 2.45) is 0 Å². The normalized spacial score (nSPS) is 15.8. The summed E-state index contributed by atoms with van der Waals surface area (Å²) in [6.45, 7) is 5.77. The highest BCUT2D eigenvalue weighted by molar-refractivity contribution is 8.26. The molecule has 0 spiro atoms. The van der Waals surface area contributed by atoms with Crippen LogP contribution in [0.2, 0.25) is 0 Å². The molecule has 0 radical (unpaired) electrons. The molecule has 2 heterocycles. The summed E-state index contributed by atoms with van der Waals surface area (Å²) in [6.07, 6.45) is 2.73. The molecule has 5 nitrogen and oxygen atoms in total. The first-order chi connectivity index (χ1) is 12.8. The highest BCUT2D eigenvalue weighted by Crippen LogP contribution is 2.34. The second-order valence-electron chi connectivity index (χ2n) is 6.31. The quantitative estimate of drug-likeness (QED) is 0.608. The lowest BCUT2D eigenvalue weighted by Gasteiger charge is -2.14. The lowest BCUT2D eigenvalue weighted by molar-refractivity contribution is -0.140. The van der Waals surface area contributed by atoms with Crippen LogP contribution in [0.15, 0.2) is 35.2 Å². The summed E-state index contributed by atoms with van der Waals surface area (Å²) in [5.41, 5.74) is 5.40. The maximum absolute atomic E-state index is 12.5. The van der Waals surface area contributed by atoms with E-state index in [1.165, 1.54) is 5.56 Å². The van der Waals surface area contributed by atoms with Crippen LogP contribution in [0.1, 0.15) is 29.4 Å². The molecule has 1 saturated heterocycles. The first-order valence-corrected chi connectivity index (χ1v) is 9.80. The Morgan fingerprint density at radius 2 is 2.00 bits per heavy atom. The minimum absolute atomic E-state index is 0.277. The fourth-order valence-electron chi connectivity index (χ4n) is 3.25. The lowest BCUT2D eigenvalue weighted by Crippen LogP contribution is -2.33. The highest BCUT2D eigenvalue weighted by Gasteiger charge is 2.33. The van der Waals surface area contributed by atoms with Crippen LogP contribution in [0.5, 0.6) is 0 Å². The molecule has 27 heavy (non-hydrogen) atoms. The van der Waals surface area contributed by atoms with Crippen molar-refractivity contribution in [1.29, 1.82) is 0 Å². The summed E-state index contributed by atoms with van der Waals surface area (Å²) in [4.78, 5) is 25.0. The number of rotatable bonds is 5. The fraction of sp³-hybridized carbons (Fsp3) is 0.250. The van der Waals surface area contributed by atoms with E-state index < -0.39 is 12.5 Å². The van der Waals surface area contributed by atoms with Gasteiger partial charge in [0, 0.05) is 17.1 Å². The minimum Gasteiger partial charge on any atom is -0.480 e. The van der Waals surface area contributed by atoms with Crippen LogP contribution in [0.4, 0.5) is 0 Å². The standard InChI is InChI=1S/C20H20N2O3S2/c1-4-14-7-5-6-8-16(14)22-12(2)9-15(13(22)3)10-17-19(25)21(11-18(23)24)20(26)27-17/h5-10H,4,11H2,1-3H3,(H,23,24)/b17-10-. The largest absolute Gasteiger partial charge is 0.480 e. The van der Waals surface area contributed by atoms with Crippen molar-refractivity contribution in [2.45, 2.75) is 27.2 Å². The molecule has 1 N–H and O–H groups in total. The zero-order valence-electron chi connectivity index (χ0n) is 15.4. The van der Waals surface area contributed by atoms with E-state index >= 15 is 0 Å². The third kappa shape index (κ3) is 3.70. The van der Waals surface area contributed by atoms with Gasteiger partial charge in [-0.3, -0.25) is 14.5 Å². The van der Waals surface area contributed by atoms with Gasteiger partial charge in [0.25, 0.3) is 5.91 Å². The zero-order valence-corrected chi connectivity index (χ0v) is 17.0. The zero-order chi connectivity index (χ0) is 19.7. The van der Waals surface area contributed by atoms with E-state index in [1.807, 2.05) is 32.0 Å². The van der Waals surface area contributed by atoms with Gasteiger partial charge in [-0.1, -0.05) is 49.1 Å². The third-order valence-electron chi connectivity index (χ3n) is 4.54. The van der Waals surface area contributed by atoms with Gasteiger partial charge in [0.05, 0.1) is 4.91 Å². The molecule has 1 aromatic carbocycles. The molecule has 1 amide bonds. The highest BCUT2D eigenvalue weighted by atomic mass is 32.2. The van der Waals surface area contributed by atoms with E-state index in [-0.39, 0.29) is 10.2 Å². The predicted octanol–water partition coefficient (Wildman–Crippen LogP) is 3.94. The second-order valence-corrected chi connectivity index (χ2v) is 7.98. The van der Waals surface area contributed by atoms with Gasteiger partial charge in [-0.15, -0.1) is 0 Å². The number of aromatic nitrogens is 1. The number of aliphatic carboxylic acids is 1. The van der Waals surface area contributed by atoms with Crippen LogP contribution in [-0.2, 0) is 16.0 Å². The first-order valence-electron chi connectivity index (χ1n) is 8.57. The molecule has 1 fully saturated rings. The van der Waals surface area contributed by atoms with E-state index in [1.54, 1.807) is 6.08 Å². The van der Waals surface area contributed by atoms with Crippen molar-refractivity contribution < 1.29 is 14.7 Å². The number of thiocarbonyl (C=S) groups is 1. The van der Waals surface area contributed by atoms with Gasteiger partial charge in [-0.25, -0.2) is 0 Å². The maximum Gasteiger partial charge on any atom is 0.323 e. The van der Waals surface area contributed by atoms with Crippen molar-refractivity contribution in [3.63, 3.8) is 0 Å². The Hall–Kier alpha value is -2.38. The van der Waals surface area contributed by atoms with Crippen LogP contribution in [-0.4, -0.2) is 37.3 Å². The lowest BCUT2D eigenvalue weighted by atomic mass is 10.1. The van der Waals surface area contributed by atoms with Gasteiger partial charge < -0.3 is 9.67 Å². The van der Waals surface area contributed by atoms with Crippen LogP contribution >= 0.6 is 24.0 Å². The van der Waals surface area contributed by atoms with Crippen LogP contribution in [0.25, 0.3) is 11.8 Å². The smallest absolute Gasteiger partial charge is 0.323 e. The van der Waals surface area contributed by atoms with Gasteiger partial charge in [0.1, 0.15) is 10.9 Å². The molecule has 1 aliphatic heterocycles. The molecular weight excluding hydrogens is 380 g/mol. The van der Waals surface area contributed by atoms with Crippen LogP contribution in [0.3, 0.4) is 0 Å². The topological polar surface area (TPSA) is 62.5 Å². The van der Waals surface area contributed by atoms with Crippen LogP contribution < -0.4 is 0 Å². The molecule has 1 aliphatic rings. The fourth-order valence-corrected chi connectivity index (χ4v) is 4.49. The molecule has 0 saturated carbocycles. The van der Waals surface area contributed by atoms with Crippen molar-refractivity contribution in [3.8, 4) is 5.69 Å². The number of thioether (sulfide) groups is 1. The number of carbonyl (C=O) groups excluding carboxylic acids is 1. The number of benzene rings is 1. The summed E-state index contributed by atoms with van der Waals surface area (Å²) < 4.78 is 2.46. The molecule has 1 aromatic heterocycles. The number of carbonyl (C=O) groups is 2. The maximum atomic E-state index is 12.5.